The largest absolute Gasteiger partial charge is 0.507 e. The summed E-state index contributed by atoms with van der Waals surface area (Å²) in [5, 5.41) is 11.1. The van der Waals surface area contributed by atoms with E-state index in [1.807, 2.05) is 19.1 Å². The van der Waals surface area contributed by atoms with Crippen LogP contribution in [0.2, 0.25) is 0 Å². The normalized spacial score (nSPS) is 26.8. The first-order chi connectivity index (χ1) is 11.1. The number of ketones is 1. The van der Waals surface area contributed by atoms with Gasteiger partial charge in [-0.15, -0.1) is 0 Å². The molecule has 5 rings (SSSR count). The Balaban J connectivity index is 1.78. The summed E-state index contributed by atoms with van der Waals surface area (Å²) >= 11 is 0. The van der Waals surface area contributed by atoms with Crippen LogP contribution in [0.5, 0.6) is 5.75 Å². The number of rotatable bonds is 2. The first-order valence-corrected chi connectivity index (χ1v) is 8.08. The molecule has 1 atom stereocenters. The Morgan fingerprint density at radius 3 is 2.70 bits per heavy atom. The molecule has 0 amide bonds. The average molecular weight is 313 g/mol. The van der Waals surface area contributed by atoms with Crippen molar-refractivity contribution >= 4 is 16.8 Å². The van der Waals surface area contributed by atoms with Crippen molar-refractivity contribution in [3.8, 4) is 5.75 Å². The van der Waals surface area contributed by atoms with Gasteiger partial charge >= 0.3 is 5.63 Å². The van der Waals surface area contributed by atoms with E-state index in [1.54, 1.807) is 6.07 Å². The third-order valence-corrected chi connectivity index (χ3v) is 5.29. The van der Waals surface area contributed by atoms with Gasteiger partial charge in [-0.2, -0.15) is 0 Å². The Kier molecular flexibility index (Phi) is 3.27. The number of hydrogen-bond donors (Lipinski definition) is 1. The van der Waals surface area contributed by atoms with Crippen LogP contribution in [0.4, 0.5) is 0 Å². The van der Waals surface area contributed by atoms with Crippen molar-refractivity contribution in [2.75, 3.05) is 13.1 Å². The van der Waals surface area contributed by atoms with Gasteiger partial charge in [0.2, 0.25) is 0 Å². The SMILES string of the molecule is Cc1cccc2c(O)c(C[C@H]3C(=O)C4CCN3CC4)c(=O)oc12. The van der Waals surface area contributed by atoms with Gasteiger partial charge in [0, 0.05) is 12.3 Å². The maximum absolute atomic E-state index is 12.5. The molecule has 120 valence electrons. The molecule has 0 radical (unpaired) electrons. The van der Waals surface area contributed by atoms with Crippen molar-refractivity contribution in [3.63, 3.8) is 0 Å². The number of Topliss-reactive ketones (excluding diaryl/α,β-unsaturated/α-hetero) is 1. The second-order valence-corrected chi connectivity index (χ2v) is 6.60. The zero-order valence-corrected chi connectivity index (χ0v) is 13.0. The standard InChI is InChI=1S/C18H19NO4/c1-10-3-2-4-12-16(21)13(18(22)23-17(10)12)9-14-15(20)11-5-7-19(14)8-6-11/h2-4,11,14,21H,5-9H2,1H3/t14-/m0/s1. The summed E-state index contributed by atoms with van der Waals surface area (Å²) in [5.41, 5.74) is 0.891. The topological polar surface area (TPSA) is 70.8 Å². The minimum absolute atomic E-state index is 0.0459. The fourth-order valence-electron chi connectivity index (χ4n) is 3.94. The molecular formula is C18H19NO4. The molecule has 0 spiro atoms. The second-order valence-electron chi connectivity index (χ2n) is 6.60. The number of nitrogens with zero attached hydrogens (tertiary/aromatic N) is 1. The van der Waals surface area contributed by atoms with Crippen LogP contribution in [0.15, 0.2) is 27.4 Å². The highest BCUT2D eigenvalue weighted by atomic mass is 16.4. The van der Waals surface area contributed by atoms with E-state index in [0.29, 0.717) is 11.0 Å². The number of benzene rings is 1. The Morgan fingerprint density at radius 2 is 2.00 bits per heavy atom. The number of aryl methyl sites for hydroxylation is 1. The molecule has 5 nitrogen and oxygen atoms in total. The van der Waals surface area contributed by atoms with Gasteiger partial charge in [0.25, 0.3) is 0 Å². The number of fused-ring (bicyclic) bond motifs is 4. The third-order valence-electron chi connectivity index (χ3n) is 5.29. The summed E-state index contributed by atoms with van der Waals surface area (Å²) in [7, 11) is 0. The molecule has 5 heteroatoms. The molecule has 23 heavy (non-hydrogen) atoms. The predicted molar refractivity (Wildman–Crippen MR) is 85.7 cm³/mol. The second kappa shape index (κ2) is 5.20. The van der Waals surface area contributed by atoms with Gasteiger partial charge in [0.15, 0.2) is 5.78 Å². The summed E-state index contributed by atoms with van der Waals surface area (Å²) in [6.07, 6.45) is 2.05. The van der Waals surface area contributed by atoms with Crippen molar-refractivity contribution in [1.82, 2.24) is 4.90 Å². The molecule has 1 N–H and O–H groups in total. The van der Waals surface area contributed by atoms with Gasteiger partial charge in [0.1, 0.15) is 11.3 Å². The Bertz CT molecular complexity index is 846. The Morgan fingerprint density at radius 1 is 1.26 bits per heavy atom. The van der Waals surface area contributed by atoms with Gasteiger partial charge < -0.3 is 9.52 Å². The van der Waals surface area contributed by atoms with Crippen LogP contribution >= 0.6 is 0 Å². The molecule has 2 bridgehead atoms. The lowest BCUT2D eigenvalue weighted by Gasteiger charge is -2.44. The molecule has 1 aromatic heterocycles. The van der Waals surface area contributed by atoms with Crippen molar-refractivity contribution in [2.24, 2.45) is 5.92 Å². The van der Waals surface area contributed by atoms with Gasteiger partial charge in [-0.1, -0.05) is 12.1 Å². The molecule has 1 aromatic carbocycles. The fourth-order valence-corrected chi connectivity index (χ4v) is 3.94. The van der Waals surface area contributed by atoms with Crippen LogP contribution in [0.3, 0.4) is 0 Å². The summed E-state index contributed by atoms with van der Waals surface area (Å²) in [6, 6.07) is 5.08. The maximum Gasteiger partial charge on any atom is 0.343 e. The lowest BCUT2D eigenvalue weighted by Crippen LogP contribution is -2.56. The molecule has 3 fully saturated rings. The van der Waals surface area contributed by atoms with E-state index in [2.05, 4.69) is 4.90 Å². The lowest BCUT2D eigenvalue weighted by molar-refractivity contribution is -0.136. The van der Waals surface area contributed by atoms with Crippen LogP contribution < -0.4 is 5.63 Å². The molecule has 4 heterocycles. The zero-order valence-electron chi connectivity index (χ0n) is 13.0. The number of hydrogen-bond acceptors (Lipinski definition) is 5. The molecule has 0 aliphatic carbocycles. The maximum atomic E-state index is 12.5. The summed E-state index contributed by atoms with van der Waals surface area (Å²) in [5.74, 6) is 0.267. The van der Waals surface area contributed by atoms with Crippen LogP contribution in [-0.4, -0.2) is 34.9 Å². The molecule has 0 unspecified atom stereocenters. The highest BCUT2D eigenvalue weighted by molar-refractivity contribution is 5.89. The summed E-state index contributed by atoms with van der Waals surface area (Å²) < 4.78 is 5.42. The third kappa shape index (κ3) is 2.18. The minimum atomic E-state index is -0.542. The molecule has 2 aromatic rings. The first kappa shape index (κ1) is 14.5. The van der Waals surface area contributed by atoms with Crippen LogP contribution in [0, 0.1) is 12.8 Å². The predicted octanol–water partition coefficient (Wildman–Crippen LogP) is 2.01. The quantitative estimate of drug-likeness (QED) is 0.859. The van der Waals surface area contributed by atoms with Crippen molar-refractivity contribution in [3.05, 3.63) is 39.7 Å². The van der Waals surface area contributed by atoms with E-state index < -0.39 is 5.63 Å². The van der Waals surface area contributed by atoms with E-state index in [1.165, 1.54) is 0 Å². The van der Waals surface area contributed by atoms with E-state index >= 15 is 0 Å². The lowest BCUT2D eigenvalue weighted by atomic mass is 9.80. The number of aromatic hydroxyl groups is 1. The van der Waals surface area contributed by atoms with Crippen molar-refractivity contribution in [1.29, 1.82) is 0 Å². The van der Waals surface area contributed by atoms with Crippen molar-refractivity contribution in [2.45, 2.75) is 32.2 Å². The zero-order chi connectivity index (χ0) is 16.1. The van der Waals surface area contributed by atoms with E-state index in [9.17, 15) is 14.7 Å². The molecule has 0 saturated carbocycles. The van der Waals surface area contributed by atoms with E-state index in [-0.39, 0.29) is 35.5 Å². The number of carbonyl (C=O) groups is 1. The van der Waals surface area contributed by atoms with Gasteiger partial charge in [-0.05, 0) is 44.5 Å². The highest BCUT2D eigenvalue weighted by Gasteiger charge is 2.41. The summed E-state index contributed by atoms with van der Waals surface area (Å²) in [6.45, 7) is 3.61. The monoisotopic (exact) mass is 313 g/mol. The summed E-state index contributed by atoms with van der Waals surface area (Å²) in [4.78, 5) is 26.9. The Labute approximate surface area is 133 Å². The molecular weight excluding hydrogens is 294 g/mol. The number of piperidine rings is 3. The van der Waals surface area contributed by atoms with Gasteiger partial charge in [0.05, 0.1) is 17.0 Å². The first-order valence-electron chi connectivity index (χ1n) is 8.08. The van der Waals surface area contributed by atoms with Crippen molar-refractivity contribution < 1.29 is 14.3 Å². The average Bonchev–Trinajstić information content (AvgIpc) is 2.55. The van der Waals surface area contributed by atoms with Crippen LogP contribution in [0.25, 0.3) is 11.0 Å². The fraction of sp³-hybridized carbons (Fsp3) is 0.444. The smallest absolute Gasteiger partial charge is 0.343 e. The van der Waals surface area contributed by atoms with E-state index in [4.69, 9.17) is 4.42 Å². The van der Waals surface area contributed by atoms with Crippen LogP contribution in [0.1, 0.15) is 24.0 Å². The van der Waals surface area contributed by atoms with Crippen LogP contribution in [-0.2, 0) is 11.2 Å². The number of carbonyl (C=O) groups excluding carboxylic acids is 1. The molecule has 3 saturated heterocycles. The number of para-hydroxylation sites is 1. The van der Waals surface area contributed by atoms with E-state index in [0.717, 1.165) is 31.5 Å². The van der Waals surface area contributed by atoms with Gasteiger partial charge in [-0.3, -0.25) is 9.69 Å². The van der Waals surface area contributed by atoms with Gasteiger partial charge in [-0.25, -0.2) is 4.79 Å². The molecule has 3 aliphatic heterocycles. The highest BCUT2D eigenvalue weighted by Crippen LogP contribution is 2.33. The minimum Gasteiger partial charge on any atom is -0.507 e. The molecule has 3 aliphatic rings. The Hall–Kier alpha value is -2.14.